The summed E-state index contributed by atoms with van der Waals surface area (Å²) in [7, 11) is 15.8. The van der Waals surface area contributed by atoms with Crippen LogP contribution in [0.4, 0.5) is 20.1 Å². The average Bonchev–Trinajstić information content (AvgIpc) is 1.20. The number of carbonyl (C=O) groups is 11. The van der Waals surface area contributed by atoms with Gasteiger partial charge in [-0.1, -0.05) is 29.9 Å². The standard InChI is InChI=1S/C37H45N5O12.C31H37N5O12P2.9CH5N/c1-23(27-9-4-5-11-30(27)42(49)50)22-53-37(48)40-29(10-6-7-15-39-36(47)38-3)34(45)41-16-8-12-31(41)35(46)52-18-17-51-26-13-14-28-25(19-24(2)43)20-33(44)54-32(28)21-26;1-19(37)15-20-16-28(40)47-25-17-21(7-8-22(20)25)44-13-14-45-30(42)24-6-4-12-35(24)29(41)23(34-50(49)46-18-32)5-2-3-11-33-31(43)48-36-26(38)9-10-27(36)39;9*1-2/h4-5,9,11,13-14,20-21,23,29,31H,6-8,10,12,15-19,22H2,1-3H3,(H,40,48)(H2,38,39,47);7-8,16-18,23-24,32H,2-6,9-15,49H2,1H3;9*2H2,1H3/p+1/t23?,29-,31-;23-,24-;;;;;;;;;/m00........./s1. The van der Waals surface area contributed by atoms with E-state index < -0.39 is 102 Å². The summed E-state index contributed by atoms with van der Waals surface area (Å²) in [6.45, 7) is 5.06. The summed E-state index contributed by atoms with van der Waals surface area (Å²) >= 11 is 0. The lowest BCUT2D eigenvalue weighted by Gasteiger charge is -2.28. The summed E-state index contributed by atoms with van der Waals surface area (Å²) in [5.41, 5.74) is 41.2. The highest BCUT2D eigenvalue weighted by molar-refractivity contribution is 8.05. The van der Waals surface area contributed by atoms with Crippen molar-refractivity contribution in [3.05, 3.63) is 120 Å². The van der Waals surface area contributed by atoms with E-state index in [1.54, 1.807) is 49.4 Å². The normalized spacial score (nSPS) is 13.8. The number of rotatable bonds is 35. The van der Waals surface area contributed by atoms with Crippen LogP contribution < -0.4 is 93.6 Å². The molecule has 0 bridgehead atoms. The van der Waals surface area contributed by atoms with Crippen LogP contribution in [0, 0.1) is 15.5 Å². The van der Waals surface area contributed by atoms with E-state index >= 15 is 0 Å². The number of nitrogens with one attached hydrogen (secondary N) is 5. The number of fused-ring (bicyclic) bond motifs is 2. The molecular weight excluding hydrogens is 1640 g/mol. The number of nitro benzene ring substituents is 1. The summed E-state index contributed by atoms with van der Waals surface area (Å²) in [6.07, 6.45) is 3.05. The zero-order valence-corrected chi connectivity index (χ0v) is 74.0. The number of nitro groups is 1. The van der Waals surface area contributed by atoms with E-state index in [0.717, 1.165) is 6.40 Å². The number of ketones is 2. The fraction of sp³-hybridized carbons (Fsp3) is 0.532. The van der Waals surface area contributed by atoms with E-state index in [4.69, 9.17) is 47.3 Å². The number of urea groups is 1. The third kappa shape index (κ3) is 41.4. The number of likely N-dealkylation sites (tertiary alicyclic amines) is 2. The van der Waals surface area contributed by atoms with Crippen LogP contribution >= 0.6 is 16.6 Å². The van der Waals surface area contributed by atoms with Gasteiger partial charge in [0.1, 0.15) is 85.4 Å². The predicted molar refractivity (Wildman–Crippen MR) is 465 cm³/mol. The van der Waals surface area contributed by atoms with Gasteiger partial charge in [0.15, 0.2) is 15.0 Å². The molecule has 0 saturated carbocycles. The third-order valence-electron chi connectivity index (χ3n) is 16.5. The molecule has 0 aliphatic carbocycles. The second-order valence-corrected chi connectivity index (χ2v) is 26.6. The fourth-order valence-electron chi connectivity index (χ4n) is 11.6. The lowest BCUT2D eigenvalue weighted by atomic mass is 10.0. The highest BCUT2D eigenvalue weighted by Crippen LogP contribution is 2.38. The van der Waals surface area contributed by atoms with Crippen molar-refractivity contribution < 1.29 is 99.5 Å². The number of carbonyl (C=O) groups excluding carboxylic acids is 11. The number of hydrogen-bond acceptors (Lipinski definition) is 35. The monoisotopic (exact) mass is 1760 g/mol. The smallest absolute Gasteiger partial charge is 0.432 e. The van der Waals surface area contributed by atoms with Crippen LogP contribution in [-0.4, -0.2) is 245 Å². The Morgan fingerprint density at radius 1 is 0.615 bits per heavy atom. The van der Waals surface area contributed by atoms with Gasteiger partial charge in [-0.3, -0.25) is 48.8 Å². The van der Waals surface area contributed by atoms with Crippen LogP contribution in [-0.2, 0) is 74.8 Å². The number of ether oxygens (including phenoxy) is 5. The van der Waals surface area contributed by atoms with E-state index in [1.807, 2.05) is 0 Å². The van der Waals surface area contributed by atoms with Crippen molar-refractivity contribution in [3.63, 3.8) is 0 Å². The van der Waals surface area contributed by atoms with Gasteiger partial charge in [-0.25, -0.2) is 33.6 Å². The van der Waals surface area contributed by atoms with Crippen LogP contribution in [0.5, 0.6) is 11.5 Å². The molecule has 2 aromatic heterocycles. The number of esters is 2. The summed E-state index contributed by atoms with van der Waals surface area (Å²) in [6, 6.07) is 14.3. The van der Waals surface area contributed by atoms with Crippen molar-refractivity contribution >= 4 is 116 Å². The van der Waals surface area contributed by atoms with E-state index in [2.05, 4.69) is 86.5 Å². The zero-order valence-electron chi connectivity index (χ0n) is 71.9. The Morgan fingerprint density at radius 2 is 1.07 bits per heavy atom. The van der Waals surface area contributed by atoms with Crippen LogP contribution in [0.25, 0.3) is 21.9 Å². The number of amides is 8. The molecule has 3 aliphatic heterocycles. The molecule has 0 spiro atoms. The van der Waals surface area contributed by atoms with Gasteiger partial charge < -0.3 is 120 Å². The van der Waals surface area contributed by atoms with E-state index in [0.29, 0.717) is 108 Å². The Kier molecular flexibility index (Phi) is 64.6. The molecule has 7 atom stereocenters. The highest BCUT2D eigenvalue weighted by atomic mass is 32.0. The number of Topliss-reactive ketones (excluding diaryl/α,β-unsaturated/α-hetero) is 2. The summed E-state index contributed by atoms with van der Waals surface area (Å²) in [5.74, 6) is -3.33. The van der Waals surface area contributed by atoms with E-state index in [1.165, 1.54) is 124 Å². The van der Waals surface area contributed by atoms with Crippen LogP contribution in [0.1, 0.15) is 120 Å². The maximum absolute atomic E-state index is 13.8. The molecular formula is C77H128N19O24P2+. The molecule has 43 nitrogen and oxygen atoms in total. The first-order valence-corrected chi connectivity index (χ1v) is 41.5. The van der Waals surface area contributed by atoms with E-state index in [9.17, 15) is 72.4 Å². The van der Waals surface area contributed by atoms with Crippen LogP contribution in [0.2, 0.25) is 0 Å². The molecule has 122 heavy (non-hydrogen) atoms. The maximum Gasteiger partial charge on any atom is 0.432 e. The van der Waals surface area contributed by atoms with Crippen molar-refractivity contribution in [1.29, 1.82) is 5.41 Å². The number of hydroxylamine groups is 2. The Morgan fingerprint density at radius 3 is 1.52 bits per heavy atom. The number of alkyl carbamates (subject to hydrolysis) is 1. The number of nitrogens with two attached hydrogens (primary N) is 9. The topological polar surface area (TPSA) is 684 Å². The molecule has 8 rings (SSSR count). The first kappa shape index (κ1) is 115. The minimum Gasteiger partial charge on any atom is -0.490 e. The molecule has 5 aromatic rings. The Labute approximate surface area is 712 Å². The number of para-hydroxylation sites is 1. The van der Waals surface area contributed by atoms with Crippen molar-refractivity contribution in [2.75, 3.05) is 130 Å². The molecule has 3 aromatic carbocycles. The quantitative estimate of drug-likeness (QED) is 0.00265. The first-order chi connectivity index (χ1) is 58.8. The second kappa shape index (κ2) is 68.5. The summed E-state index contributed by atoms with van der Waals surface area (Å²) < 4.78 is 47.8. The van der Waals surface area contributed by atoms with Gasteiger partial charge in [-0.2, -0.15) is 0 Å². The second-order valence-electron chi connectivity index (χ2n) is 24.2. The average molecular weight is 1770 g/mol. The number of imide groups is 1. The minimum absolute atomic E-state index is 0.0161. The van der Waals surface area contributed by atoms with Gasteiger partial charge in [-0.05, 0) is 177 Å². The zero-order chi connectivity index (χ0) is 93.4. The first-order valence-electron chi connectivity index (χ1n) is 38.7. The Hall–Kier alpha value is -11.1. The molecule has 23 N–H and O–H groups in total. The Balaban J connectivity index is -0.00000196. The van der Waals surface area contributed by atoms with Gasteiger partial charge in [-0.15, -0.1) is 5.06 Å². The van der Waals surface area contributed by atoms with Crippen molar-refractivity contribution in [2.24, 2.45) is 56.3 Å². The molecule has 684 valence electrons. The largest absolute Gasteiger partial charge is 0.490 e. The van der Waals surface area contributed by atoms with Crippen molar-refractivity contribution in [3.8, 4) is 11.5 Å². The number of benzene rings is 3. The van der Waals surface area contributed by atoms with Gasteiger partial charge in [0.25, 0.3) is 23.4 Å². The van der Waals surface area contributed by atoms with Crippen molar-refractivity contribution in [1.82, 2.24) is 36.1 Å². The molecule has 3 fully saturated rings. The third-order valence-corrected chi connectivity index (χ3v) is 18.1. The van der Waals surface area contributed by atoms with Gasteiger partial charge >= 0.3 is 49.0 Å². The van der Waals surface area contributed by atoms with Gasteiger partial charge in [0.2, 0.25) is 12.3 Å². The van der Waals surface area contributed by atoms with Crippen LogP contribution in [0.15, 0.2) is 96.0 Å². The molecule has 3 aliphatic rings. The Bertz CT molecular complexity index is 4170. The summed E-state index contributed by atoms with van der Waals surface area (Å²) in [5, 5.41) is 30.5. The van der Waals surface area contributed by atoms with Gasteiger partial charge in [0.05, 0.1) is 4.92 Å². The lowest BCUT2D eigenvalue weighted by molar-refractivity contribution is -0.385. The van der Waals surface area contributed by atoms with Crippen molar-refractivity contribution in [2.45, 2.75) is 141 Å². The molecule has 3 saturated heterocycles. The SMILES string of the molecule is CC(=O)Cc1cc(=O)oc2cc(OCCOC(=O)[C@@H]3CCCN3C(=O)[C@H](CCCCNC(=O)ON3C(=O)CCC3=O)N=[P+](P)OC=N)ccc12.CN.CN.CN.CN.CN.CN.CN.CN.CN.CNC(=O)NCCCC[C@H](NC(=O)OCC(C)c1ccccc1[N+](=O)[O-])C(=O)N1CCC[C@H]1C(=O)OCCOc1ccc2c(CC(C)=O)cc(=O)oc2c1. The predicted octanol–water partition coefficient (Wildman–Crippen LogP) is 3.08. The number of hydrogen-bond donors (Lipinski definition) is 14. The number of unbranched alkanes of at least 4 members (excludes halogenated alkanes) is 2. The highest BCUT2D eigenvalue weighted by Gasteiger charge is 2.41. The lowest BCUT2D eigenvalue weighted by Crippen LogP contribution is -2.52. The molecule has 0 radical (unpaired) electrons. The molecule has 5 heterocycles. The maximum atomic E-state index is 13.8. The molecule has 8 amide bonds. The van der Waals surface area contributed by atoms with E-state index in [-0.39, 0.29) is 119 Å². The fourth-order valence-corrected chi connectivity index (χ4v) is 12.9. The minimum atomic E-state index is -1.58. The van der Waals surface area contributed by atoms with Gasteiger partial charge in [0, 0.05) is 111 Å². The van der Waals surface area contributed by atoms with Crippen LogP contribution in [0.3, 0.4) is 0 Å². The molecule has 45 heteroatoms. The molecule has 3 unspecified atom stereocenters. The summed E-state index contributed by atoms with van der Waals surface area (Å²) in [4.78, 5) is 179. The number of nitrogens with zero attached hydrogens (tertiary/aromatic N) is 5.